The molecule has 0 aromatic heterocycles. The van der Waals surface area contributed by atoms with Gasteiger partial charge < -0.3 is 14.2 Å². The van der Waals surface area contributed by atoms with E-state index in [1.807, 2.05) is 0 Å². The Morgan fingerprint density at radius 2 is 0.623 bits per heavy atom. The molecule has 0 aliphatic heterocycles. The topological polar surface area (TPSA) is 78.9 Å². The number of unbranched alkanes of at least 4 members (excludes halogenated alkanes) is 29. The van der Waals surface area contributed by atoms with Crippen molar-refractivity contribution >= 4 is 17.9 Å². The Morgan fingerprint density at radius 3 is 0.925 bits per heavy atom. The van der Waals surface area contributed by atoms with Crippen molar-refractivity contribution in [2.75, 3.05) is 13.2 Å². The van der Waals surface area contributed by atoms with Crippen LogP contribution in [0.25, 0.3) is 0 Å². The third-order valence-corrected chi connectivity index (χ3v) is 10.5. The summed E-state index contributed by atoms with van der Waals surface area (Å²) in [5, 5.41) is 0. The highest BCUT2D eigenvalue weighted by Gasteiger charge is 2.19. The van der Waals surface area contributed by atoms with Gasteiger partial charge in [-0.3, -0.25) is 14.4 Å². The highest BCUT2D eigenvalue weighted by Crippen LogP contribution is 2.16. The van der Waals surface area contributed by atoms with Gasteiger partial charge in [0.15, 0.2) is 6.10 Å². The standard InChI is InChI=1S/C47H90O6/c1-5-7-9-11-13-14-15-16-17-18-19-20-21-22-28-32-36-40-47(50)53-44(41-51-45(48)38-34-30-25-12-10-8-6-2)42-52-46(49)39-35-31-27-24-23-26-29-33-37-43(3)4/h43-44H,5-42H2,1-4H3/t44-/m1/s1. The van der Waals surface area contributed by atoms with Gasteiger partial charge in [0.2, 0.25) is 0 Å². The fourth-order valence-corrected chi connectivity index (χ4v) is 6.98. The second-order valence-corrected chi connectivity index (χ2v) is 16.5. The molecule has 0 saturated heterocycles. The van der Waals surface area contributed by atoms with Gasteiger partial charge in [-0.1, -0.05) is 220 Å². The van der Waals surface area contributed by atoms with Crippen molar-refractivity contribution in [2.45, 2.75) is 265 Å². The van der Waals surface area contributed by atoms with Crippen LogP contribution in [0.4, 0.5) is 0 Å². The van der Waals surface area contributed by atoms with E-state index < -0.39 is 6.10 Å². The van der Waals surface area contributed by atoms with Gasteiger partial charge in [-0.05, 0) is 25.2 Å². The smallest absolute Gasteiger partial charge is 0.306 e. The lowest BCUT2D eigenvalue weighted by Gasteiger charge is -2.18. The second-order valence-electron chi connectivity index (χ2n) is 16.5. The molecule has 0 aromatic carbocycles. The maximum Gasteiger partial charge on any atom is 0.306 e. The van der Waals surface area contributed by atoms with Gasteiger partial charge >= 0.3 is 17.9 Å². The van der Waals surface area contributed by atoms with E-state index in [1.165, 1.54) is 154 Å². The van der Waals surface area contributed by atoms with Crippen molar-refractivity contribution in [3.05, 3.63) is 0 Å². The van der Waals surface area contributed by atoms with Crippen molar-refractivity contribution in [1.82, 2.24) is 0 Å². The van der Waals surface area contributed by atoms with E-state index in [9.17, 15) is 14.4 Å². The molecule has 0 radical (unpaired) electrons. The number of carbonyl (C=O) groups excluding carboxylic acids is 3. The van der Waals surface area contributed by atoms with E-state index in [-0.39, 0.29) is 31.1 Å². The van der Waals surface area contributed by atoms with Crippen LogP contribution in [0.5, 0.6) is 0 Å². The molecular formula is C47H90O6. The number of hydrogen-bond donors (Lipinski definition) is 0. The van der Waals surface area contributed by atoms with E-state index in [0.29, 0.717) is 19.3 Å². The molecule has 0 heterocycles. The van der Waals surface area contributed by atoms with Gasteiger partial charge in [0.1, 0.15) is 13.2 Å². The van der Waals surface area contributed by atoms with E-state index in [0.717, 1.165) is 63.7 Å². The van der Waals surface area contributed by atoms with Gasteiger partial charge in [-0.15, -0.1) is 0 Å². The molecule has 6 nitrogen and oxygen atoms in total. The van der Waals surface area contributed by atoms with Crippen LogP contribution in [0.1, 0.15) is 259 Å². The zero-order valence-electron chi connectivity index (χ0n) is 36.0. The Balaban J connectivity index is 4.22. The molecule has 0 fully saturated rings. The summed E-state index contributed by atoms with van der Waals surface area (Å²) < 4.78 is 16.7. The highest BCUT2D eigenvalue weighted by molar-refractivity contribution is 5.71. The second kappa shape index (κ2) is 41.6. The van der Waals surface area contributed by atoms with E-state index >= 15 is 0 Å². The van der Waals surface area contributed by atoms with Gasteiger partial charge in [0.25, 0.3) is 0 Å². The van der Waals surface area contributed by atoms with E-state index in [2.05, 4.69) is 27.7 Å². The zero-order chi connectivity index (χ0) is 38.9. The molecule has 1 atom stereocenters. The van der Waals surface area contributed by atoms with E-state index in [1.54, 1.807) is 0 Å². The molecular weight excluding hydrogens is 661 g/mol. The Labute approximate surface area is 329 Å². The van der Waals surface area contributed by atoms with Crippen molar-refractivity contribution in [3.63, 3.8) is 0 Å². The molecule has 0 unspecified atom stereocenters. The summed E-state index contributed by atoms with van der Waals surface area (Å²) in [4.78, 5) is 37.6. The minimum atomic E-state index is -0.758. The number of hydrogen-bond acceptors (Lipinski definition) is 6. The van der Waals surface area contributed by atoms with Crippen molar-refractivity contribution in [3.8, 4) is 0 Å². The number of carbonyl (C=O) groups is 3. The maximum atomic E-state index is 12.7. The molecule has 314 valence electrons. The lowest BCUT2D eigenvalue weighted by molar-refractivity contribution is -0.167. The van der Waals surface area contributed by atoms with Crippen molar-refractivity contribution < 1.29 is 28.6 Å². The van der Waals surface area contributed by atoms with Gasteiger partial charge in [-0.2, -0.15) is 0 Å². The summed E-state index contributed by atoms with van der Waals surface area (Å²) in [6, 6.07) is 0. The summed E-state index contributed by atoms with van der Waals surface area (Å²) in [5.41, 5.74) is 0. The van der Waals surface area contributed by atoms with Crippen molar-refractivity contribution in [1.29, 1.82) is 0 Å². The first-order valence-corrected chi connectivity index (χ1v) is 23.4. The van der Waals surface area contributed by atoms with Crippen LogP contribution in [0.2, 0.25) is 0 Å². The Hall–Kier alpha value is -1.59. The molecule has 0 aliphatic carbocycles. The van der Waals surface area contributed by atoms with Crippen LogP contribution in [-0.2, 0) is 28.6 Å². The number of esters is 3. The van der Waals surface area contributed by atoms with Crippen molar-refractivity contribution in [2.24, 2.45) is 5.92 Å². The predicted molar refractivity (Wildman–Crippen MR) is 224 cm³/mol. The Morgan fingerprint density at radius 1 is 0.358 bits per heavy atom. The van der Waals surface area contributed by atoms with Crippen LogP contribution < -0.4 is 0 Å². The molecule has 0 aliphatic rings. The van der Waals surface area contributed by atoms with Crippen LogP contribution in [0.3, 0.4) is 0 Å². The highest BCUT2D eigenvalue weighted by atomic mass is 16.6. The molecule has 0 N–H and O–H groups in total. The average molecular weight is 751 g/mol. The summed E-state index contributed by atoms with van der Waals surface area (Å²) >= 11 is 0. The minimum Gasteiger partial charge on any atom is -0.462 e. The van der Waals surface area contributed by atoms with E-state index in [4.69, 9.17) is 14.2 Å². The summed E-state index contributed by atoms with van der Waals surface area (Å²) in [6.45, 7) is 8.93. The zero-order valence-corrected chi connectivity index (χ0v) is 36.0. The normalized spacial score (nSPS) is 11.9. The Bertz CT molecular complexity index is 796. The lowest BCUT2D eigenvalue weighted by Crippen LogP contribution is -2.30. The largest absolute Gasteiger partial charge is 0.462 e. The first-order chi connectivity index (χ1) is 25.9. The van der Waals surface area contributed by atoms with Gasteiger partial charge in [0, 0.05) is 19.3 Å². The summed E-state index contributed by atoms with van der Waals surface area (Å²) in [7, 11) is 0. The summed E-state index contributed by atoms with van der Waals surface area (Å²) in [6.07, 6.45) is 41.0. The third-order valence-electron chi connectivity index (χ3n) is 10.5. The molecule has 0 bridgehead atoms. The minimum absolute atomic E-state index is 0.0648. The van der Waals surface area contributed by atoms with Crippen LogP contribution >= 0.6 is 0 Å². The van der Waals surface area contributed by atoms with Crippen LogP contribution in [-0.4, -0.2) is 37.2 Å². The van der Waals surface area contributed by atoms with Crippen LogP contribution in [0.15, 0.2) is 0 Å². The predicted octanol–water partition coefficient (Wildman–Crippen LogP) is 14.7. The SMILES string of the molecule is CCCCCCCCCCCCCCCCCCCC(=O)O[C@H](COC(=O)CCCCCCCCC)COC(=O)CCCCCCCCCCC(C)C. The monoisotopic (exact) mass is 751 g/mol. The van der Waals surface area contributed by atoms with Gasteiger partial charge in [0.05, 0.1) is 0 Å². The maximum absolute atomic E-state index is 12.7. The lowest BCUT2D eigenvalue weighted by atomic mass is 10.0. The molecule has 0 aromatic rings. The molecule has 53 heavy (non-hydrogen) atoms. The average Bonchev–Trinajstić information content (AvgIpc) is 3.14. The van der Waals surface area contributed by atoms with Crippen LogP contribution in [0, 0.1) is 5.92 Å². The van der Waals surface area contributed by atoms with Gasteiger partial charge in [-0.25, -0.2) is 0 Å². The fourth-order valence-electron chi connectivity index (χ4n) is 6.98. The number of rotatable bonds is 42. The molecule has 0 rings (SSSR count). The molecule has 0 spiro atoms. The summed E-state index contributed by atoms with van der Waals surface area (Å²) in [5.74, 6) is -0.0640. The first-order valence-electron chi connectivity index (χ1n) is 23.4. The first kappa shape index (κ1) is 51.4. The molecule has 6 heteroatoms. The molecule has 0 saturated carbocycles. The number of ether oxygens (including phenoxy) is 3. The molecule has 0 amide bonds. The fraction of sp³-hybridized carbons (Fsp3) is 0.936. The quantitative estimate of drug-likeness (QED) is 0.0351. The Kier molecular flexibility index (Phi) is 40.3. The third kappa shape index (κ3) is 41.4.